The van der Waals surface area contributed by atoms with Crippen LogP contribution < -0.4 is 10.1 Å². The average molecular weight is 378 g/mol. The van der Waals surface area contributed by atoms with Crippen LogP contribution in [0.4, 0.5) is 5.13 Å². The van der Waals surface area contributed by atoms with Crippen molar-refractivity contribution in [2.75, 3.05) is 11.9 Å². The third-order valence-corrected chi connectivity index (χ3v) is 5.02. The highest BCUT2D eigenvalue weighted by Gasteiger charge is 2.14. The first-order valence-electron chi connectivity index (χ1n) is 8.59. The predicted octanol–water partition coefficient (Wildman–Crippen LogP) is 4.65. The standard InChI is InChI=1S/C20H18N4O2S/c1-3-26-15-7-4-13(5-8-15)18-12(2)27-20(23-18)24-19(25)14-6-9-16-17(10-14)22-11-21-16/h4-11H,3H2,1-2H3,(H,21,22)(H,23,24,25). The summed E-state index contributed by atoms with van der Waals surface area (Å²) in [6, 6.07) is 13.2. The van der Waals surface area contributed by atoms with E-state index in [9.17, 15) is 4.79 Å². The van der Waals surface area contributed by atoms with Crippen LogP contribution in [0, 0.1) is 6.92 Å². The number of rotatable bonds is 5. The van der Waals surface area contributed by atoms with Crippen LogP contribution in [0.5, 0.6) is 5.75 Å². The van der Waals surface area contributed by atoms with Crippen LogP contribution in [0.2, 0.25) is 0 Å². The van der Waals surface area contributed by atoms with Gasteiger partial charge >= 0.3 is 0 Å². The second-order valence-corrected chi connectivity index (χ2v) is 7.17. The molecule has 0 bridgehead atoms. The number of benzene rings is 2. The number of aromatic nitrogens is 3. The molecule has 2 N–H and O–H groups in total. The summed E-state index contributed by atoms with van der Waals surface area (Å²) >= 11 is 1.46. The molecular formula is C20H18N4O2S. The minimum Gasteiger partial charge on any atom is -0.494 e. The van der Waals surface area contributed by atoms with E-state index in [0.29, 0.717) is 17.3 Å². The van der Waals surface area contributed by atoms with Gasteiger partial charge in [-0.25, -0.2) is 9.97 Å². The van der Waals surface area contributed by atoms with Crippen molar-refractivity contribution in [3.05, 3.63) is 59.2 Å². The number of aryl methyl sites for hydroxylation is 1. The Labute approximate surface area is 160 Å². The number of nitrogens with one attached hydrogen (secondary N) is 2. The number of anilines is 1. The molecule has 0 fully saturated rings. The SMILES string of the molecule is CCOc1ccc(-c2nc(NC(=O)c3ccc4nc[nH]c4c3)sc2C)cc1. The normalized spacial score (nSPS) is 10.9. The summed E-state index contributed by atoms with van der Waals surface area (Å²) in [5.41, 5.74) is 4.07. The van der Waals surface area contributed by atoms with Crippen molar-refractivity contribution in [3.8, 4) is 17.0 Å². The number of aromatic amines is 1. The van der Waals surface area contributed by atoms with Gasteiger partial charge < -0.3 is 9.72 Å². The first kappa shape index (κ1) is 17.2. The van der Waals surface area contributed by atoms with Crippen LogP contribution in [-0.4, -0.2) is 27.5 Å². The van der Waals surface area contributed by atoms with E-state index in [2.05, 4.69) is 20.3 Å². The fourth-order valence-electron chi connectivity index (χ4n) is 2.84. The van der Waals surface area contributed by atoms with Crippen LogP contribution in [0.3, 0.4) is 0 Å². The highest BCUT2D eigenvalue weighted by Crippen LogP contribution is 2.31. The lowest BCUT2D eigenvalue weighted by atomic mass is 10.1. The Hall–Kier alpha value is -3.19. The van der Waals surface area contributed by atoms with Crippen LogP contribution in [-0.2, 0) is 0 Å². The number of carbonyl (C=O) groups is 1. The van der Waals surface area contributed by atoms with Crippen molar-refractivity contribution in [1.29, 1.82) is 0 Å². The van der Waals surface area contributed by atoms with Crippen molar-refractivity contribution in [1.82, 2.24) is 15.0 Å². The number of carbonyl (C=O) groups excluding carboxylic acids is 1. The Morgan fingerprint density at radius 1 is 1.22 bits per heavy atom. The van der Waals surface area contributed by atoms with Gasteiger partial charge in [-0.2, -0.15) is 0 Å². The molecular weight excluding hydrogens is 360 g/mol. The third-order valence-electron chi connectivity index (χ3n) is 4.14. The Bertz CT molecular complexity index is 1100. The lowest BCUT2D eigenvalue weighted by molar-refractivity contribution is 0.102. The summed E-state index contributed by atoms with van der Waals surface area (Å²) in [7, 11) is 0. The summed E-state index contributed by atoms with van der Waals surface area (Å²) in [5.74, 6) is 0.635. The predicted molar refractivity (Wildman–Crippen MR) is 108 cm³/mol. The molecule has 7 heteroatoms. The molecule has 27 heavy (non-hydrogen) atoms. The average Bonchev–Trinajstić information content (AvgIpc) is 3.28. The van der Waals surface area contributed by atoms with Gasteiger partial charge in [-0.15, -0.1) is 11.3 Å². The lowest BCUT2D eigenvalue weighted by Gasteiger charge is -2.04. The molecule has 4 rings (SSSR count). The highest BCUT2D eigenvalue weighted by molar-refractivity contribution is 7.16. The number of nitrogens with zero attached hydrogens (tertiary/aromatic N) is 2. The number of hydrogen-bond acceptors (Lipinski definition) is 5. The maximum absolute atomic E-state index is 12.6. The van der Waals surface area contributed by atoms with E-state index in [1.165, 1.54) is 11.3 Å². The van der Waals surface area contributed by atoms with E-state index in [1.807, 2.05) is 44.2 Å². The fraction of sp³-hybridized carbons (Fsp3) is 0.150. The second kappa shape index (κ2) is 7.20. The fourth-order valence-corrected chi connectivity index (χ4v) is 3.67. The number of fused-ring (bicyclic) bond motifs is 1. The van der Waals surface area contributed by atoms with Crippen molar-refractivity contribution < 1.29 is 9.53 Å². The lowest BCUT2D eigenvalue weighted by Crippen LogP contribution is -2.11. The van der Waals surface area contributed by atoms with Gasteiger partial charge in [0.1, 0.15) is 5.75 Å². The minimum atomic E-state index is -0.196. The number of thiazole rings is 1. The van der Waals surface area contributed by atoms with Gasteiger partial charge in [0, 0.05) is 16.0 Å². The maximum Gasteiger partial charge on any atom is 0.257 e. The molecule has 0 unspecified atom stereocenters. The molecule has 0 aliphatic heterocycles. The van der Waals surface area contributed by atoms with E-state index in [1.54, 1.807) is 18.5 Å². The number of H-pyrrole nitrogens is 1. The first-order valence-corrected chi connectivity index (χ1v) is 9.41. The monoisotopic (exact) mass is 378 g/mol. The van der Waals surface area contributed by atoms with E-state index < -0.39 is 0 Å². The number of imidazole rings is 1. The smallest absolute Gasteiger partial charge is 0.257 e. The van der Waals surface area contributed by atoms with Crippen LogP contribution in [0.1, 0.15) is 22.2 Å². The molecule has 136 valence electrons. The summed E-state index contributed by atoms with van der Waals surface area (Å²) in [6.07, 6.45) is 1.61. The zero-order chi connectivity index (χ0) is 18.8. The van der Waals surface area contributed by atoms with Gasteiger partial charge in [-0.3, -0.25) is 10.1 Å². The summed E-state index contributed by atoms with van der Waals surface area (Å²) in [4.78, 5) is 25.4. The summed E-state index contributed by atoms with van der Waals surface area (Å²) < 4.78 is 5.48. The van der Waals surface area contributed by atoms with Crippen molar-refractivity contribution >= 4 is 33.4 Å². The van der Waals surface area contributed by atoms with E-state index in [0.717, 1.165) is 32.9 Å². The molecule has 2 heterocycles. The van der Waals surface area contributed by atoms with E-state index >= 15 is 0 Å². The number of hydrogen-bond donors (Lipinski definition) is 2. The summed E-state index contributed by atoms with van der Waals surface area (Å²) in [5, 5.41) is 3.46. The van der Waals surface area contributed by atoms with Gasteiger partial charge in [0.15, 0.2) is 5.13 Å². The molecule has 0 radical (unpaired) electrons. The Balaban J connectivity index is 1.54. The molecule has 2 aromatic carbocycles. The topological polar surface area (TPSA) is 79.9 Å². The Kier molecular flexibility index (Phi) is 4.60. The number of amides is 1. The van der Waals surface area contributed by atoms with Gasteiger partial charge in [0.05, 0.1) is 29.7 Å². The van der Waals surface area contributed by atoms with Crippen molar-refractivity contribution in [2.45, 2.75) is 13.8 Å². The van der Waals surface area contributed by atoms with Gasteiger partial charge in [-0.1, -0.05) is 0 Å². The molecule has 0 saturated carbocycles. The van der Waals surface area contributed by atoms with Crippen LogP contribution >= 0.6 is 11.3 Å². The number of ether oxygens (including phenoxy) is 1. The quantitative estimate of drug-likeness (QED) is 0.530. The zero-order valence-electron chi connectivity index (χ0n) is 14.9. The molecule has 2 aromatic heterocycles. The molecule has 6 nitrogen and oxygen atoms in total. The largest absolute Gasteiger partial charge is 0.494 e. The van der Waals surface area contributed by atoms with Gasteiger partial charge in [0.25, 0.3) is 5.91 Å². The molecule has 0 atom stereocenters. The van der Waals surface area contributed by atoms with Crippen molar-refractivity contribution in [2.24, 2.45) is 0 Å². The van der Waals surface area contributed by atoms with Gasteiger partial charge in [-0.05, 0) is 56.3 Å². The second-order valence-electron chi connectivity index (χ2n) is 5.97. The minimum absolute atomic E-state index is 0.196. The summed E-state index contributed by atoms with van der Waals surface area (Å²) in [6.45, 7) is 4.59. The molecule has 1 amide bonds. The third kappa shape index (κ3) is 3.54. The van der Waals surface area contributed by atoms with Crippen LogP contribution in [0.25, 0.3) is 22.3 Å². The molecule has 0 saturated heterocycles. The van der Waals surface area contributed by atoms with E-state index in [4.69, 9.17) is 4.74 Å². The van der Waals surface area contributed by atoms with E-state index in [-0.39, 0.29) is 5.91 Å². The van der Waals surface area contributed by atoms with Crippen LogP contribution in [0.15, 0.2) is 48.8 Å². The molecule has 4 aromatic rings. The highest BCUT2D eigenvalue weighted by atomic mass is 32.1. The maximum atomic E-state index is 12.6. The first-order chi connectivity index (χ1) is 13.1. The zero-order valence-corrected chi connectivity index (χ0v) is 15.8. The molecule has 0 spiro atoms. The Morgan fingerprint density at radius 3 is 2.81 bits per heavy atom. The molecule has 0 aliphatic carbocycles. The van der Waals surface area contributed by atoms with Crippen molar-refractivity contribution in [3.63, 3.8) is 0 Å². The Morgan fingerprint density at radius 2 is 2.04 bits per heavy atom. The molecule has 0 aliphatic rings. The van der Waals surface area contributed by atoms with Gasteiger partial charge in [0.2, 0.25) is 0 Å².